The van der Waals surface area contributed by atoms with Crippen molar-refractivity contribution in [1.82, 2.24) is 10.6 Å². The van der Waals surface area contributed by atoms with Gasteiger partial charge in [0.25, 0.3) is 0 Å². The molecule has 0 saturated heterocycles. The highest BCUT2D eigenvalue weighted by Gasteiger charge is 2.08. The lowest BCUT2D eigenvalue weighted by atomic mass is 10.1. The molecular weight excluding hydrogens is 336 g/mol. The largest absolute Gasteiger partial charge is 0.355 e. The monoisotopic (exact) mass is 366 g/mol. The van der Waals surface area contributed by atoms with E-state index >= 15 is 0 Å². The molecule has 0 bridgehead atoms. The summed E-state index contributed by atoms with van der Waals surface area (Å²) in [4.78, 5) is 23.8. The molecule has 0 heterocycles. The lowest BCUT2D eigenvalue weighted by Crippen LogP contribution is -2.33. The number of benzene rings is 2. The molecule has 0 aliphatic rings. The van der Waals surface area contributed by atoms with Gasteiger partial charge in [-0.3, -0.25) is 9.59 Å². The summed E-state index contributed by atoms with van der Waals surface area (Å²) < 4.78 is 0. The maximum Gasteiger partial charge on any atom is 0.229 e. The SMILES string of the molecule is CCc1ccc(CCNC(=O)CC(=O)NCCc2ccc(CC)cc2)cc1. The second-order valence-corrected chi connectivity index (χ2v) is 6.72. The van der Waals surface area contributed by atoms with Gasteiger partial charge < -0.3 is 10.6 Å². The standard InChI is InChI=1S/C23H30N2O2/c1-3-18-5-9-20(10-6-18)13-15-24-22(26)17-23(27)25-16-14-21-11-7-19(4-2)8-12-21/h5-12H,3-4,13-17H2,1-2H3,(H,24,26)(H,25,27). The Bertz CT molecular complexity index is 658. The van der Waals surface area contributed by atoms with Gasteiger partial charge in [0.15, 0.2) is 0 Å². The average Bonchev–Trinajstić information content (AvgIpc) is 2.69. The summed E-state index contributed by atoms with van der Waals surface area (Å²) >= 11 is 0. The number of aryl methyl sites for hydroxylation is 2. The first-order valence-corrected chi connectivity index (χ1v) is 9.79. The minimum atomic E-state index is -0.232. The molecule has 0 aliphatic heterocycles. The van der Waals surface area contributed by atoms with Crippen molar-refractivity contribution in [3.05, 3.63) is 70.8 Å². The van der Waals surface area contributed by atoms with Crippen LogP contribution in [0.15, 0.2) is 48.5 Å². The van der Waals surface area contributed by atoms with Gasteiger partial charge >= 0.3 is 0 Å². The molecule has 4 nitrogen and oxygen atoms in total. The summed E-state index contributed by atoms with van der Waals surface area (Å²) in [6, 6.07) is 16.8. The molecule has 0 unspecified atom stereocenters. The summed E-state index contributed by atoms with van der Waals surface area (Å²) in [5.74, 6) is -0.463. The number of hydrogen-bond acceptors (Lipinski definition) is 2. The Morgan fingerprint density at radius 3 is 1.30 bits per heavy atom. The van der Waals surface area contributed by atoms with Crippen LogP contribution in [0, 0.1) is 0 Å². The van der Waals surface area contributed by atoms with E-state index in [-0.39, 0.29) is 18.2 Å². The Balaban J connectivity index is 1.60. The van der Waals surface area contributed by atoms with Crippen molar-refractivity contribution in [2.75, 3.05) is 13.1 Å². The van der Waals surface area contributed by atoms with Crippen LogP contribution in [-0.4, -0.2) is 24.9 Å². The molecule has 0 spiro atoms. The second-order valence-electron chi connectivity index (χ2n) is 6.72. The minimum absolute atomic E-state index is 0.121. The molecule has 144 valence electrons. The number of hydrogen-bond donors (Lipinski definition) is 2. The number of carbonyl (C=O) groups excluding carboxylic acids is 2. The van der Waals surface area contributed by atoms with E-state index in [4.69, 9.17) is 0 Å². The Morgan fingerprint density at radius 2 is 0.963 bits per heavy atom. The van der Waals surface area contributed by atoms with E-state index in [0.717, 1.165) is 25.7 Å². The first kappa shape index (κ1) is 20.7. The van der Waals surface area contributed by atoms with Crippen molar-refractivity contribution in [3.63, 3.8) is 0 Å². The molecule has 2 N–H and O–H groups in total. The van der Waals surface area contributed by atoms with E-state index in [0.29, 0.717) is 13.1 Å². The van der Waals surface area contributed by atoms with Crippen LogP contribution in [0.5, 0.6) is 0 Å². The summed E-state index contributed by atoms with van der Waals surface area (Å²) in [5, 5.41) is 5.62. The van der Waals surface area contributed by atoms with Crippen LogP contribution < -0.4 is 10.6 Å². The smallest absolute Gasteiger partial charge is 0.229 e. The van der Waals surface area contributed by atoms with Crippen LogP contribution in [0.3, 0.4) is 0 Å². The van der Waals surface area contributed by atoms with Crippen LogP contribution in [0.1, 0.15) is 42.5 Å². The van der Waals surface area contributed by atoms with Gasteiger partial charge in [-0.1, -0.05) is 62.4 Å². The summed E-state index contributed by atoms with van der Waals surface area (Å²) in [6.07, 6.45) is 3.46. The molecule has 4 heteroatoms. The molecular formula is C23H30N2O2. The lowest BCUT2D eigenvalue weighted by Gasteiger charge is -2.08. The van der Waals surface area contributed by atoms with Crippen molar-refractivity contribution < 1.29 is 9.59 Å². The van der Waals surface area contributed by atoms with Crippen molar-refractivity contribution in [2.45, 2.75) is 46.0 Å². The van der Waals surface area contributed by atoms with Crippen molar-refractivity contribution in [1.29, 1.82) is 0 Å². The normalized spacial score (nSPS) is 10.4. The summed E-state index contributed by atoms with van der Waals surface area (Å²) in [6.45, 7) is 5.34. The van der Waals surface area contributed by atoms with Crippen LogP contribution >= 0.6 is 0 Å². The van der Waals surface area contributed by atoms with Gasteiger partial charge in [-0.25, -0.2) is 0 Å². The van der Waals surface area contributed by atoms with E-state index in [1.54, 1.807) is 0 Å². The molecule has 0 saturated carbocycles. The zero-order valence-corrected chi connectivity index (χ0v) is 16.4. The molecule has 2 aromatic rings. The van der Waals surface area contributed by atoms with Crippen molar-refractivity contribution in [3.8, 4) is 0 Å². The van der Waals surface area contributed by atoms with Gasteiger partial charge in [-0.15, -0.1) is 0 Å². The van der Waals surface area contributed by atoms with Gasteiger partial charge in [0.2, 0.25) is 11.8 Å². The Morgan fingerprint density at radius 1 is 0.630 bits per heavy atom. The fourth-order valence-corrected chi connectivity index (χ4v) is 2.85. The fraction of sp³-hybridized carbons (Fsp3) is 0.391. The van der Waals surface area contributed by atoms with Gasteiger partial charge in [0.1, 0.15) is 6.42 Å². The Labute approximate surface area is 162 Å². The number of amides is 2. The third-order valence-corrected chi connectivity index (χ3v) is 4.66. The van der Waals surface area contributed by atoms with Crippen LogP contribution in [0.4, 0.5) is 0 Å². The molecule has 0 aliphatic carbocycles. The van der Waals surface area contributed by atoms with Gasteiger partial charge in [0.05, 0.1) is 0 Å². The summed E-state index contributed by atoms with van der Waals surface area (Å²) in [5.41, 5.74) is 4.98. The van der Waals surface area contributed by atoms with Crippen LogP contribution in [0.25, 0.3) is 0 Å². The van der Waals surface area contributed by atoms with Crippen molar-refractivity contribution in [2.24, 2.45) is 0 Å². The molecule has 2 aromatic carbocycles. The third kappa shape index (κ3) is 7.65. The highest BCUT2D eigenvalue weighted by Crippen LogP contribution is 2.06. The molecule has 2 rings (SSSR count). The second kappa shape index (κ2) is 11.2. The topological polar surface area (TPSA) is 58.2 Å². The summed E-state index contributed by atoms with van der Waals surface area (Å²) in [7, 11) is 0. The average molecular weight is 367 g/mol. The van der Waals surface area contributed by atoms with E-state index < -0.39 is 0 Å². The fourth-order valence-electron chi connectivity index (χ4n) is 2.85. The maximum absolute atomic E-state index is 11.9. The third-order valence-electron chi connectivity index (χ3n) is 4.66. The Kier molecular flexibility index (Phi) is 8.56. The molecule has 27 heavy (non-hydrogen) atoms. The van der Waals surface area contributed by atoms with E-state index in [2.05, 4.69) is 73.0 Å². The van der Waals surface area contributed by atoms with Crippen molar-refractivity contribution >= 4 is 11.8 Å². The quantitative estimate of drug-likeness (QED) is 0.634. The zero-order chi connectivity index (χ0) is 19.5. The predicted octanol–water partition coefficient (Wildman–Crippen LogP) is 3.22. The number of rotatable bonds is 10. The van der Waals surface area contributed by atoms with E-state index in [9.17, 15) is 9.59 Å². The zero-order valence-electron chi connectivity index (χ0n) is 16.4. The highest BCUT2D eigenvalue weighted by atomic mass is 16.2. The first-order chi connectivity index (χ1) is 13.1. The minimum Gasteiger partial charge on any atom is -0.355 e. The Hall–Kier alpha value is -2.62. The molecule has 0 aromatic heterocycles. The first-order valence-electron chi connectivity index (χ1n) is 9.79. The molecule has 0 atom stereocenters. The molecule has 0 radical (unpaired) electrons. The van der Waals surface area contributed by atoms with Crippen LogP contribution in [-0.2, 0) is 35.3 Å². The highest BCUT2D eigenvalue weighted by molar-refractivity contribution is 5.96. The van der Waals surface area contributed by atoms with E-state index in [1.165, 1.54) is 22.3 Å². The van der Waals surface area contributed by atoms with Gasteiger partial charge in [-0.05, 0) is 47.9 Å². The van der Waals surface area contributed by atoms with E-state index in [1.807, 2.05) is 0 Å². The number of carbonyl (C=O) groups is 2. The molecule has 0 fully saturated rings. The number of nitrogens with one attached hydrogen (secondary N) is 2. The molecule has 2 amide bonds. The predicted molar refractivity (Wildman–Crippen MR) is 110 cm³/mol. The van der Waals surface area contributed by atoms with Gasteiger partial charge in [-0.2, -0.15) is 0 Å². The van der Waals surface area contributed by atoms with Crippen LogP contribution in [0.2, 0.25) is 0 Å². The lowest BCUT2D eigenvalue weighted by molar-refractivity contribution is -0.129. The van der Waals surface area contributed by atoms with Gasteiger partial charge in [0, 0.05) is 13.1 Å². The maximum atomic E-state index is 11.9.